The van der Waals surface area contributed by atoms with Crippen LogP contribution in [-0.2, 0) is 10.0 Å². The molecule has 0 saturated heterocycles. The summed E-state index contributed by atoms with van der Waals surface area (Å²) >= 11 is 0. The molecule has 4 aromatic rings. The van der Waals surface area contributed by atoms with Crippen LogP contribution in [0, 0.1) is 13.8 Å². The highest BCUT2D eigenvalue weighted by atomic mass is 32.2. The molecule has 3 aromatic carbocycles. The lowest BCUT2D eigenvalue weighted by molar-refractivity contribution is 0.448. The van der Waals surface area contributed by atoms with E-state index in [1.54, 1.807) is 12.3 Å². The topological polar surface area (TPSA) is 53.2 Å². The van der Waals surface area contributed by atoms with Gasteiger partial charge >= 0.3 is 0 Å². The Morgan fingerprint density at radius 2 is 1.67 bits per heavy atom. The summed E-state index contributed by atoms with van der Waals surface area (Å²) in [5.41, 5.74) is 5.72. The number of hydrogen-bond donors (Lipinski definition) is 1. The first-order valence-corrected chi connectivity index (χ1v) is 11.3. The van der Waals surface area contributed by atoms with Crippen molar-refractivity contribution in [3.8, 4) is 0 Å². The van der Waals surface area contributed by atoms with Gasteiger partial charge in [0, 0.05) is 28.9 Å². The van der Waals surface area contributed by atoms with E-state index in [0.717, 1.165) is 38.7 Å². The van der Waals surface area contributed by atoms with E-state index in [0.29, 0.717) is 4.90 Å². The highest BCUT2D eigenvalue weighted by Crippen LogP contribution is 2.41. The fourth-order valence-electron chi connectivity index (χ4n) is 4.33. The number of H-pyrrole nitrogens is 1. The summed E-state index contributed by atoms with van der Waals surface area (Å²) in [6.07, 6.45) is 5.50. The number of hydrogen-bond acceptors (Lipinski definition) is 2. The molecule has 0 unspecified atom stereocenters. The quantitative estimate of drug-likeness (QED) is 0.478. The molecule has 0 bridgehead atoms. The zero-order valence-corrected chi connectivity index (χ0v) is 17.6. The van der Waals surface area contributed by atoms with E-state index in [2.05, 4.69) is 4.98 Å². The third-order valence-corrected chi connectivity index (χ3v) is 7.65. The zero-order chi connectivity index (χ0) is 20.9. The van der Waals surface area contributed by atoms with Gasteiger partial charge < -0.3 is 4.98 Å². The fraction of sp³-hybridized carbons (Fsp3) is 0.120. The second-order valence-corrected chi connectivity index (χ2v) is 9.55. The molecule has 1 aliphatic rings. The number of aryl methyl sites for hydroxylation is 2. The molecule has 4 nitrogen and oxygen atoms in total. The predicted octanol–water partition coefficient (Wildman–Crippen LogP) is 5.55. The van der Waals surface area contributed by atoms with Crippen LogP contribution in [0.3, 0.4) is 0 Å². The van der Waals surface area contributed by atoms with Gasteiger partial charge in [-0.15, -0.1) is 0 Å². The summed E-state index contributed by atoms with van der Waals surface area (Å²) in [4.78, 5) is 3.64. The summed E-state index contributed by atoms with van der Waals surface area (Å²) in [5, 5.41) is 1.02. The lowest BCUT2D eigenvalue weighted by Crippen LogP contribution is -2.33. The number of fused-ring (bicyclic) bond motifs is 2. The summed E-state index contributed by atoms with van der Waals surface area (Å²) in [6.45, 7) is 3.82. The van der Waals surface area contributed by atoms with Crippen molar-refractivity contribution < 1.29 is 8.42 Å². The van der Waals surface area contributed by atoms with Crippen molar-refractivity contribution in [1.82, 2.24) is 9.29 Å². The van der Waals surface area contributed by atoms with Gasteiger partial charge in [0.2, 0.25) is 0 Å². The number of sulfonamides is 1. The Balaban J connectivity index is 1.75. The molecule has 0 fully saturated rings. The molecule has 0 aliphatic carbocycles. The van der Waals surface area contributed by atoms with E-state index in [-0.39, 0.29) is 0 Å². The SMILES string of the molecule is Cc1ccc(S(=O)(=O)N2C=Cc3ccccc3[C@@H]2c2c[nH]c3ccccc23)c(C)c1. The van der Waals surface area contributed by atoms with Crippen LogP contribution in [0.25, 0.3) is 17.0 Å². The summed E-state index contributed by atoms with van der Waals surface area (Å²) in [7, 11) is -3.76. The molecular weight excluding hydrogens is 392 g/mol. The highest BCUT2D eigenvalue weighted by Gasteiger charge is 2.36. The molecule has 150 valence electrons. The average molecular weight is 415 g/mol. The van der Waals surface area contributed by atoms with Gasteiger partial charge in [-0.1, -0.05) is 60.2 Å². The average Bonchev–Trinajstić information content (AvgIpc) is 3.16. The third kappa shape index (κ3) is 2.85. The van der Waals surface area contributed by atoms with Crippen LogP contribution in [-0.4, -0.2) is 17.7 Å². The second-order valence-electron chi connectivity index (χ2n) is 7.74. The first-order chi connectivity index (χ1) is 14.5. The van der Waals surface area contributed by atoms with E-state index < -0.39 is 16.1 Å². The molecule has 30 heavy (non-hydrogen) atoms. The molecule has 0 saturated carbocycles. The summed E-state index contributed by atoms with van der Waals surface area (Å²) in [5.74, 6) is 0. The largest absolute Gasteiger partial charge is 0.361 e. The maximum absolute atomic E-state index is 13.8. The molecule has 1 atom stereocenters. The first-order valence-electron chi connectivity index (χ1n) is 9.91. The Kier molecular flexibility index (Phi) is 4.29. The van der Waals surface area contributed by atoms with E-state index in [1.807, 2.05) is 86.8 Å². The van der Waals surface area contributed by atoms with E-state index in [9.17, 15) is 8.42 Å². The van der Waals surface area contributed by atoms with Gasteiger partial charge in [0.1, 0.15) is 0 Å². The fourth-order valence-corrected chi connectivity index (χ4v) is 5.99. The van der Waals surface area contributed by atoms with Crippen LogP contribution in [0.15, 0.2) is 84.0 Å². The number of nitrogens with one attached hydrogen (secondary N) is 1. The Bertz CT molecular complexity index is 1400. The number of para-hydroxylation sites is 1. The van der Waals surface area contributed by atoms with Crippen LogP contribution in [0.1, 0.15) is 33.9 Å². The zero-order valence-electron chi connectivity index (χ0n) is 16.8. The predicted molar refractivity (Wildman–Crippen MR) is 121 cm³/mol. The second kappa shape index (κ2) is 6.89. The van der Waals surface area contributed by atoms with Crippen molar-refractivity contribution in [3.05, 3.63) is 107 Å². The lowest BCUT2D eigenvalue weighted by Gasteiger charge is -2.34. The van der Waals surface area contributed by atoms with Gasteiger partial charge in [-0.2, -0.15) is 0 Å². The van der Waals surface area contributed by atoms with Crippen LogP contribution in [0.5, 0.6) is 0 Å². The molecule has 0 amide bonds. The van der Waals surface area contributed by atoms with E-state index in [4.69, 9.17) is 0 Å². The molecule has 1 aromatic heterocycles. The number of aromatic amines is 1. The monoisotopic (exact) mass is 414 g/mol. The lowest BCUT2D eigenvalue weighted by atomic mass is 9.92. The third-order valence-electron chi connectivity index (χ3n) is 5.75. The molecule has 5 heteroatoms. The van der Waals surface area contributed by atoms with Crippen molar-refractivity contribution in [3.63, 3.8) is 0 Å². The Morgan fingerprint density at radius 3 is 2.50 bits per heavy atom. The maximum atomic E-state index is 13.8. The van der Waals surface area contributed by atoms with Gasteiger partial charge in [-0.25, -0.2) is 8.42 Å². The van der Waals surface area contributed by atoms with Crippen molar-refractivity contribution in [2.24, 2.45) is 0 Å². The van der Waals surface area contributed by atoms with Crippen molar-refractivity contribution in [1.29, 1.82) is 0 Å². The van der Waals surface area contributed by atoms with Crippen molar-refractivity contribution in [2.75, 3.05) is 0 Å². The Morgan fingerprint density at radius 1 is 0.900 bits per heavy atom. The van der Waals surface area contributed by atoms with Crippen molar-refractivity contribution >= 4 is 27.0 Å². The minimum absolute atomic E-state index is 0.335. The van der Waals surface area contributed by atoms with E-state index >= 15 is 0 Å². The number of nitrogens with zero attached hydrogens (tertiary/aromatic N) is 1. The van der Waals surface area contributed by atoms with Crippen LogP contribution in [0.4, 0.5) is 0 Å². The van der Waals surface area contributed by atoms with Crippen LogP contribution < -0.4 is 0 Å². The summed E-state index contributed by atoms with van der Waals surface area (Å²) in [6, 6.07) is 21.0. The summed E-state index contributed by atoms with van der Waals surface area (Å²) < 4.78 is 29.2. The minimum Gasteiger partial charge on any atom is -0.361 e. The van der Waals surface area contributed by atoms with Gasteiger partial charge in [0.15, 0.2) is 0 Å². The molecule has 1 N–H and O–H groups in total. The first kappa shape index (κ1) is 18.7. The smallest absolute Gasteiger partial charge is 0.264 e. The highest BCUT2D eigenvalue weighted by molar-refractivity contribution is 7.89. The molecule has 5 rings (SSSR count). The van der Waals surface area contributed by atoms with Crippen LogP contribution >= 0.6 is 0 Å². The normalized spacial score (nSPS) is 16.1. The Labute approximate surface area is 176 Å². The van der Waals surface area contributed by atoms with Crippen molar-refractivity contribution in [2.45, 2.75) is 24.8 Å². The molecule has 0 radical (unpaired) electrons. The van der Waals surface area contributed by atoms with Gasteiger partial charge in [0.25, 0.3) is 10.0 Å². The number of benzene rings is 3. The molecule has 0 spiro atoms. The Hall–Kier alpha value is -3.31. The van der Waals surface area contributed by atoms with Crippen LogP contribution in [0.2, 0.25) is 0 Å². The number of aromatic nitrogens is 1. The molecule has 2 heterocycles. The minimum atomic E-state index is -3.76. The van der Waals surface area contributed by atoms with E-state index in [1.165, 1.54) is 4.31 Å². The number of rotatable bonds is 3. The molecule has 1 aliphatic heterocycles. The molecular formula is C25H22N2O2S. The standard InChI is InChI=1S/C25H22N2O2S/c1-17-11-12-24(18(2)15-17)30(28,29)27-14-13-19-7-3-4-8-20(19)25(27)22-16-26-23-10-6-5-9-21(22)23/h3-16,25-26H,1-2H3/t25-/m1/s1. The van der Waals surface area contributed by atoms with Gasteiger partial charge in [-0.05, 0) is 48.7 Å². The maximum Gasteiger partial charge on any atom is 0.264 e. The van der Waals surface area contributed by atoms with Gasteiger partial charge in [-0.3, -0.25) is 4.31 Å². The van der Waals surface area contributed by atoms with Gasteiger partial charge in [0.05, 0.1) is 10.9 Å².